The van der Waals surface area contributed by atoms with Crippen LogP contribution in [0.3, 0.4) is 0 Å². The number of rotatable bonds is 14. The summed E-state index contributed by atoms with van der Waals surface area (Å²) in [4.78, 5) is 12.5. The number of hydrogen-bond acceptors (Lipinski definition) is 12. The van der Waals surface area contributed by atoms with Gasteiger partial charge < -0.3 is 34.4 Å². The van der Waals surface area contributed by atoms with Crippen LogP contribution in [0.25, 0.3) is 11.1 Å². The van der Waals surface area contributed by atoms with E-state index in [-0.39, 0.29) is 28.3 Å². The minimum atomic E-state index is -1.65. The zero-order chi connectivity index (χ0) is 38.4. The number of non-ortho nitro benzene ring substituents is 1. The van der Waals surface area contributed by atoms with Crippen LogP contribution in [0.2, 0.25) is 0 Å². The predicted molar refractivity (Wildman–Crippen MR) is 201 cm³/mol. The van der Waals surface area contributed by atoms with Crippen molar-refractivity contribution in [3.05, 3.63) is 118 Å². The summed E-state index contributed by atoms with van der Waals surface area (Å²) in [6.45, 7) is 3.42. The maximum absolute atomic E-state index is 15.0. The molecule has 3 N–H and O–H groups in total. The van der Waals surface area contributed by atoms with Crippen molar-refractivity contribution in [1.82, 2.24) is 0 Å². The molecule has 54 heavy (non-hydrogen) atoms. The van der Waals surface area contributed by atoms with Crippen molar-refractivity contribution in [2.45, 2.75) is 26.1 Å². The number of halogens is 2. The highest BCUT2D eigenvalue weighted by molar-refractivity contribution is 5.69. The van der Waals surface area contributed by atoms with Crippen LogP contribution in [-0.4, -0.2) is 44.4 Å². The Labute approximate surface area is 309 Å². The van der Waals surface area contributed by atoms with Gasteiger partial charge in [-0.15, -0.1) is 5.11 Å². The number of aliphatic hydroxyl groups excluding tert-OH is 1. The van der Waals surface area contributed by atoms with Crippen molar-refractivity contribution in [1.29, 1.82) is 0 Å². The SMILES string of the molecule is CCOc1cc2c(cc1N=Nc1ccc(NNc3ccc(C(O)Oc4cc(F)c(-c5ccc([N+](=O)[O-])cc5)c(F)c4)c(OC)c3)c(OC)c1)CCCN2C. The number of anilines is 3. The molecule has 5 aromatic rings. The first-order valence-electron chi connectivity index (χ1n) is 17.0. The minimum Gasteiger partial charge on any atom is -0.496 e. The molecule has 5 aromatic carbocycles. The van der Waals surface area contributed by atoms with E-state index in [4.69, 9.17) is 18.9 Å². The second-order valence-electron chi connectivity index (χ2n) is 12.2. The summed E-state index contributed by atoms with van der Waals surface area (Å²) < 4.78 is 52.5. The second kappa shape index (κ2) is 16.5. The molecule has 0 radical (unpaired) electrons. The van der Waals surface area contributed by atoms with Gasteiger partial charge in [0.25, 0.3) is 5.69 Å². The maximum Gasteiger partial charge on any atom is 0.269 e. The molecule has 1 unspecified atom stereocenters. The van der Waals surface area contributed by atoms with Crippen molar-refractivity contribution in [2.24, 2.45) is 10.2 Å². The summed E-state index contributed by atoms with van der Waals surface area (Å²) in [5.41, 5.74) is 10.5. The highest BCUT2D eigenvalue weighted by atomic mass is 19.1. The van der Waals surface area contributed by atoms with Crippen LogP contribution in [0.4, 0.5) is 42.9 Å². The summed E-state index contributed by atoms with van der Waals surface area (Å²) in [5.74, 6) is -0.860. The van der Waals surface area contributed by atoms with Crippen LogP contribution >= 0.6 is 0 Å². The average Bonchev–Trinajstić information content (AvgIpc) is 3.16. The Hall–Kier alpha value is -6.48. The number of aryl methyl sites for hydroxylation is 1. The number of hydrazine groups is 1. The van der Waals surface area contributed by atoms with Gasteiger partial charge in [0.2, 0.25) is 6.29 Å². The van der Waals surface area contributed by atoms with Crippen LogP contribution in [0.5, 0.6) is 23.0 Å². The third-order valence-electron chi connectivity index (χ3n) is 8.74. The fraction of sp³-hybridized carbons (Fsp3) is 0.231. The number of nitro benzene ring substituents is 1. The minimum absolute atomic E-state index is 0.103. The Morgan fingerprint density at radius 2 is 1.65 bits per heavy atom. The third-order valence-corrected chi connectivity index (χ3v) is 8.74. The van der Waals surface area contributed by atoms with Gasteiger partial charge in [-0.3, -0.25) is 15.5 Å². The van der Waals surface area contributed by atoms with Crippen molar-refractivity contribution in [3.63, 3.8) is 0 Å². The first-order valence-corrected chi connectivity index (χ1v) is 17.0. The molecule has 13 nitrogen and oxygen atoms in total. The smallest absolute Gasteiger partial charge is 0.269 e. The zero-order valence-electron chi connectivity index (χ0n) is 29.9. The lowest BCUT2D eigenvalue weighted by molar-refractivity contribution is -0.384. The topological polar surface area (TPSA) is 152 Å². The Bertz CT molecular complexity index is 2160. The molecule has 0 fully saturated rings. The van der Waals surface area contributed by atoms with E-state index in [1.807, 2.05) is 19.1 Å². The van der Waals surface area contributed by atoms with Gasteiger partial charge in [0.05, 0.1) is 53.9 Å². The first-order chi connectivity index (χ1) is 26.1. The van der Waals surface area contributed by atoms with E-state index in [0.717, 1.165) is 49.3 Å². The van der Waals surface area contributed by atoms with E-state index in [1.165, 1.54) is 38.0 Å². The molecule has 15 heteroatoms. The van der Waals surface area contributed by atoms with Crippen molar-refractivity contribution in [3.8, 4) is 34.1 Å². The lowest BCUT2D eigenvalue weighted by Gasteiger charge is -2.28. The standard InChI is InChI=1S/C39H38F2N6O7/c1-5-53-37-22-34-24(7-6-16-46(34)2)17-33(37)45-43-26-11-15-32(36(19-26)52-4)44-42-25-10-14-29(35(18-25)51-3)39(48)54-28-20-30(40)38(31(41)21-28)23-8-12-27(13-9-23)47(49)50/h8-15,17-22,39,42,44,48H,5-7,16H2,1-4H3. The highest BCUT2D eigenvalue weighted by Gasteiger charge is 2.21. The van der Waals surface area contributed by atoms with Crippen LogP contribution < -0.4 is 34.7 Å². The van der Waals surface area contributed by atoms with Crippen LogP contribution in [0.15, 0.2) is 95.2 Å². The molecule has 1 atom stereocenters. The van der Waals surface area contributed by atoms with Gasteiger partial charge in [-0.2, -0.15) is 5.11 Å². The molecular weight excluding hydrogens is 702 g/mol. The van der Waals surface area contributed by atoms with Gasteiger partial charge >= 0.3 is 0 Å². The molecule has 0 saturated carbocycles. The molecule has 6 rings (SSSR count). The van der Waals surface area contributed by atoms with Gasteiger partial charge in [-0.05, 0) is 73.4 Å². The summed E-state index contributed by atoms with van der Waals surface area (Å²) in [6, 6.07) is 20.7. The Morgan fingerprint density at radius 1 is 0.907 bits per heavy atom. The quantitative estimate of drug-likeness (QED) is 0.0435. The lowest BCUT2D eigenvalue weighted by atomic mass is 10.0. The number of benzene rings is 5. The molecule has 1 heterocycles. The maximum atomic E-state index is 15.0. The number of hydrogen-bond donors (Lipinski definition) is 3. The van der Waals surface area contributed by atoms with E-state index < -0.39 is 28.4 Å². The summed E-state index contributed by atoms with van der Waals surface area (Å²) in [6.07, 6.45) is 0.377. The summed E-state index contributed by atoms with van der Waals surface area (Å²) in [7, 11) is 5.01. The van der Waals surface area contributed by atoms with E-state index in [1.54, 1.807) is 30.3 Å². The molecular formula is C39H38F2N6O7. The molecule has 1 aliphatic rings. The van der Waals surface area contributed by atoms with Crippen LogP contribution in [-0.2, 0) is 6.42 Å². The normalized spacial score (nSPS) is 12.9. The number of fused-ring (bicyclic) bond motifs is 1. The summed E-state index contributed by atoms with van der Waals surface area (Å²) >= 11 is 0. The molecule has 0 aromatic heterocycles. The fourth-order valence-corrected chi connectivity index (χ4v) is 6.06. The molecule has 280 valence electrons. The zero-order valence-corrected chi connectivity index (χ0v) is 29.9. The number of azo groups is 1. The number of nitrogens with zero attached hydrogens (tertiary/aromatic N) is 4. The van der Waals surface area contributed by atoms with Crippen molar-refractivity contribution < 1.29 is 37.8 Å². The van der Waals surface area contributed by atoms with Gasteiger partial charge in [-0.1, -0.05) is 0 Å². The number of nitrogens with one attached hydrogen (secondary N) is 2. The number of aliphatic hydroxyl groups is 1. The van der Waals surface area contributed by atoms with Gasteiger partial charge in [0.15, 0.2) is 0 Å². The highest BCUT2D eigenvalue weighted by Crippen LogP contribution is 2.40. The molecule has 1 aliphatic heterocycles. The number of nitro groups is 1. The molecule has 0 aliphatic carbocycles. The average molecular weight is 741 g/mol. The molecule has 0 saturated heterocycles. The first kappa shape index (κ1) is 37.3. The van der Waals surface area contributed by atoms with E-state index >= 15 is 8.78 Å². The fourth-order valence-electron chi connectivity index (χ4n) is 6.06. The lowest BCUT2D eigenvalue weighted by Crippen LogP contribution is -2.24. The number of methoxy groups -OCH3 is 2. The van der Waals surface area contributed by atoms with Crippen molar-refractivity contribution in [2.75, 3.05) is 50.2 Å². The molecule has 0 spiro atoms. The van der Waals surface area contributed by atoms with Crippen LogP contribution in [0.1, 0.15) is 30.8 Å². The Morgan fingerprint density at radius 3 is 2.33 bits per heavy atom. The van der Waals surface area contributed by atoms with E-state index in [2.05, 4.69) is 33.0 Å². The number of ether oxygens (including phenoxy) is 4. The van der Waals surface area contributed by atoms with Crippen molar-refractivity contribution >= 4 is 34.1 Å². The Kier molecular flexibility index (Phi) is 11.4. The predicted octanol–water partition coefficient (Wildman–Crippen LogP) is 9.26. The van der Waals surface area contributed by atoms with Crippen LogP contribution in [0, 0.1) is 21.7 Å². The monoisotopic (exact) mass is 740 g/mol. The Balaban J connectivity index is 1.12. The van der Waals surface area contributed by atoms with Gasteiger partial charge in [0.1, 0.15) is 40.3 Å². The van der Waals surface area contributed by atoms with Gasteiger partial charge in [-0.25, -0.2) is 8.78 Å². The second-order valence-corrected chi connectivity index (χ2v) is 12.2. The summed E-state index contributed by atoms with van der Waals surface area (Å²) in [5, 5.41) is 30.8. The molecule has 0 bridgehead atoms. The van der Waals surface area contributed by atoms with E-state index in [9.17, 15) is 15.2 Å². The largest absolute Gasteiger partial charge is 0.496 e. The molecule has 0 amide bonds. The third kappa shape index (κ3) is 8.26. The van der Waals surface area contributed by atoms with Gasteiger partial charge in [0, 0.05) is 61.7 Å². The van der Waals surface area contributed by atoms with E-state index in [0.29, 0.717) is 40.9 Å².